The van der Waals surface area contributed by atoms with E-state index in [9.17, 15) is 4.79 Å². The van der Waals surface area contributed by atoms with Crippen LogP contribution >= 0.6 is 23.4 Å². The Hall–Kier alpha value is -1.69. The second kappa shape index (κ2) is 9.57. The van der Waals surface area contributed by atoms with Crippen LogP contribution in [0.2, 0.25) is 5.02 Å². The lowest BCUT2D eigenvalue weighted by Gasteiger charge is -2.15. The van der Waals surface area contributed by atoms with Gasteiger partial charge in [-0.3, -0.25) is 4.79 Å². The third kappa shape index (κ3) is 6.07. The molecule has 0 spiro atoms. The highest BCUT2D eigenvalue weighted by Gasteiger charge is 2.12. The number of thioether (sulfide) groups is 1. The summed E-state index contributed by atoms with van der Waals surface area (Å²) in [7, 11) is 1.98. The van der Waals surface area contributed by atoms with Gasteiger partial charge in [0.25, 0.3) is 5.91 Å². The van der Waals surface area contributed by atoms with Gasteiger partial charge >= 0.3 is 0 Å². The van der Waals surface area contributed by atoms with Crippen molar-refractivity contribution in [3.05, 3.63) is 53.6 Å². The average Bonchev–Trinajstić information content (AvgIpc) is 2.57. The van der Waals surface area contributed by atoms with E-state index in [0.717, 1.165) is 27.8 Å². The van der Waals surface area contributed by atoms with Crippen molar-refractivity contribution in [3.63, 3.8) is 0 Å². The third-order valence-corrected chi connectivity index (χ3v) is 4.50. The summed E-state index contributed by atoms with van der Waals surface area (Å²) in [6, 6.07) is 15.1. The second-order valence-electron chi connectivity index (χ2n) is 5.43. The molecule has 6 heteroatoms. The lowest BCUT2D eigenvalue weighted by Crippen LogP contribution is -3.10. The molecule has 1 amide bonds. The molecule has 24 heavy (non-hydrogen) atoms. The van der Waals surface area contributed by atoms with Gasteiger partial charge in [0.1, 0.15) is 18.9 Å². The summed E-state index contributed by atoms with van der Waals surface area (Å²) in [4.78, 5) is 14.3. The first-order valence-corrected chi connectivity index (χ1v) is 9.31. The maximum Gasteiger partial charge on any atom is 0.279 e. The Morgan fingerprint density at radius 2 is 1.92 bits per heavy atom. The van der Waals surface area contributed by atoms with E-state index >= 15 is 0 Å². The Morgan fingerprint density at radius 3 is 2.62 bits per heavy atom. The maximum absolute atomic E-state index is 12.2. The third-order valence-electron chi connectivity index (χ3n) is 3.45. The zero-order valence-electron chi connectivity index (χ0n) is 13.8. The fourth-order valence-electron chi connectivity index (χ4n) is 2.18. The Morgan fingerprint density at radius 1 is 1.21 bits per heavy atom. The minimum atomic E-state index is 0.000456. The number of likely N-dealkylation sites (N-methyl/N-ethyl adjacent to an activating group) is 1. The summed E-state index contributed by atoms with van der Waals surface area (Å²) >= 11 is 7.45. The predicted octanol–water partition coefficient (Wildman–Crippen LogP) is 2.59. The molecule has 128 valence electrons. The highest BCUT2D eigenvalue weighted by atomic mass is 35.5. The minimum absolute atomic E-state index is 0.000456. The van der Waals surface area contributed by atoms with Crippen molar-refractivity contribution in [1.29, 1.82) is 0 Å². The lowest BCUT2D eigenvalue weighted by molar-refractivity contribution is -0.871. The van der Waals surface area contributed by atoms with Crippen LogP contribution in [-0.2, 0) is 4.79 Å². The van der Waals surface area contributed by atoms with Gasteiger partial charge in [-0.15, -0.1) is 11.8 Å². The van der Waals surface area contributed by atoms with Crippen LogP contribution in [0.25, 0.3) is 0 Å². The van der Waals surface area contributed by atoms with Crippen LogP contribution in [0.5, 0.6) is 5.75 Å². The molecule has 2 aromatic carbocycles. The van der Waals surface area contributed by atoms with E-state index in [1.807, 2.05) is 49.7 Å². The number of carbonyl (C=O) groups excluding carboxylic acids is 1. The van der Waals surface area contributed by atoms with Gasteiger partial charge in [-0.1, -0.05) is 23.7 Å². The first-order chi connectivity index (χ1) is 11.6. The molecule has 1 atom stereocenters. The average molecular weight is 366 g/mol. The molecule has 0 radical (unpaired) electrons. The SMILES string of the molecule is CSc1ccccc1NC(=O)C[NH+](C)CCOc1ccc(Cl)cc1. The topological polar surface area (TPSA) is 42.8 Å². The number of quaternary nitrogens is 1. The van der Waals surface area contributed by atoms with Gasteiger partial charge in [-0.2, -0.15) is 0 Å². The van der Waals surface area contributed by atoms with Crippen molar-refractivity contribution in [1.82, 2.24) is 0 Å². The quantitative estimate of drug-likeness (QED) is 0.707. The highest BCUT2D eigenvalue weighted by molar-refractivity contribution is 7.98. The number of amides is 1. The molecule has 2 rings (SSSR count). The van der Waals surface area contributed by atoms with Gasteiger partial charge in [0.15, 0.2) is 6.54 Å². The molecular weight excluding hydrogens is 344 g/mol. The highest BCUT2D eigenvalue weighted by Crippen LogP contribution is 2.24. The van der Waals surface area contributed by atoms with Crippen molar-refractivity contribution in [3.8, 4) is 5.75 Å². The number of benzene rings is 2. The fourth-order valence-corrected chi connectivity index (χ4v) is 2.86. The number of hydrogen-bond acceptors (Lipinski definition) is 3. The van der Waals surface area contributed by atoms with Crippen LogP contribution < -0.4 is 15.0 Å². The second-order valence-corrected chi connectivity index (χ2v) is 6.72. The molecule has 0 bridgehead atoms. The van der Waals surface area contributed by atoms with Gasteiger partial charge in [0.2, 0.25) is 0 Å². The van der Waals surface area contributed by atoms with Crippen LogP contribution in [0, 0.1) is 0 Å². The van der Waals surface area contributed by atoms with Crippen molar-refractivity contribution in [2.45, 2.75) is 4.90 Å². The number of hydrogen-bond donors (Lipinski definition) is 2. The Balaban J connectivity index is 1.74. The predicted molar refractivity (Wildman–Crippen MR) is 100 cm³/mol. The van der Waals surface area contributed by atoms with E-state index in [2.05, 4.69) is 5.32 Å². The van der Waals surface area contributed by atoms with Gasteiger partial charge < -0.3 is 15.0 Å². The van der Waals surface area contributed by atoms with Crippen LogP contribution in [0.4, 0.5) is 5.69 Å². The summed E-state index contributed by atoms with van der Waals surface area (Å²) in [6.07, 6.45) is 2.00. The molecule has 0 aliphatic heterocycles. The minimum Gasteiger partial charge on any atom is -0.488 e. The van der Waals surface area contributed by atoms with E-state index in [-0.39, 0.29) is 5.91 Å². The first-order valence-electron chi connectivity index (χ1n) is 7.71. The van der Waals surface area contributed by atoms with E-state index in [0.29, 0.717) is 18.2 Å². The number of para-hydroxylation sites is 1. The smallest absolute Gasteiger partial charge is 0.279 e. The van der Waals surface area contributed by atoms with Crippen molar-refractivity contribution < 1.29 is 14.4 Å². The van der Waals surface area contributed by atoms with Crippen LogP contribution in [-0.4, -0.2) is 38.9 Å². The van der Waals surface area contributed by atoms with Gasteiger partial charge in [-0.25, -0.2) is 0 Å². The lowest BCUT2D eigenvalue weighted by atomic mass is 10.3. The molecule has 0 saturated heterocycles. The van der Waals surface area contributed by atoms with E-state index in [1.54, 1.807) is 23.9 Å². The monoisotopic (exact) mass is 365 g/mol. The summed E-state index contributed by atoms with van der Waals surface area (Å²) in [5, 5.41) is 3.66. The normalized spacial score (nSPS) is 11.8. The summed E-state index contributed by atoms with van der Waals surface area (Å²) in [6.45, 7) is 1.68. The number of ether oxygens (including phenoxy) is 1. The molecule has 0 aliphatic rings. The standard InChI is InChI=1S/C18H21ClN2O2S/c1-21(11-12-23-15-9-7-14(19)8-10-15)13-18(22)20-16-5-3-4-6-17(16)24-2/h3-10H,11-13H2,1-2H3,(H,20,22)/p+1. The molecule has 4 nitrogen and oxygen atoms in total. The van der Waals surface area contributed by atoms with Crippen molar-refractivity contribution >= 4 is 35.0 Å². The summed E-state index contributed by atoms with van der Waals surface area (Å²) < 4.78 is 5.65. The number of rotatable bonds is 8. The Bertz CT molecular complexity index is 664. The van der Waals surface area contributed by atoms with E-state index < -0.39 is 0 Å². The molecule has 1 unspecified atom stereocenters. The maximum atomic E-state index is 12.2. The van der Waals surface area contributed by atoms with Crippen LogP contribution in [0.15, 0.2) is 53.4 Å². The molecule has 0 aliphatic carbocycles. The van der Waals surface area contributed by atoms with Gasteiger partial charge in [-0.05, 0) is 42.7 Å². The number of halogens is 1. The Kier molecular flexibility index (Phi) is 7.43. The zero-order valence-corrected chi connectivity index (χ0v) is 15.4. The van der Waals surface area contributed by atoms with E-state index in [4.69, 9.17) is 16.3 Å². The Labute approximate surface area is 152 Å². The van der Waals surface area contributed by atoms with Gasteiger partial charge in [0.05, 0.1) is 12.7 Å². The molecule has 0 saturated carbocycles. The molecule has 2 aromatic rings. The van der Waals surface area contributed by atoms with E-state index in [1.165, 1.54) is 0 Å². The molecule has 0 aromatic heterocycles. The van der Waals surface area contributed by atoms with Gasteiger partial charge in [0, 0.05) is 9.92 Å². The van der Waals surface area contributed by atoms with Crippen LogP contribution in [0.1, 0.15) is 0 Å². The van der Waals surface area contributed by atoms with Crippen molar-refractivity contribution in [2.24, 2.45) is 0 Å². The van der Waals surface area contributed by atoms with Crippen LogP contribution in [0.3, 0.4) is 0 Å². The first kappa shape index (κ1) is 18.6. The van der Waals surface area contributed by atoms with Crippen molar-refractivity contribution in [2.75, 3.05) is 38.3 Å². The number of carbonyl (C=O) groups is 1. The zero-order chi connectivity index (χ0) is 17.4. The summed E-state index contributed by atoms with van der Waals surface area (Å²) in [5.41, 5.74) is 0.861. The molecule has 0 fully saturated rings. The number of nitrogens with one attached hydrogen (secondary N) is 2. The largest absolute Gasteiger partial charge is 0.488 e. The molecule has 0 heterocycles. The molecule has 2 N–H and O–H groups in total. The number of anilines is 1. The fraction of sp³-hybridized carbons (Fsp3) is 0.278. The summed E-state index contributed by atoms with van der Waals surface area (Å²) in [5.74, 6) is 0.783. The molecular formula is C18H22ClN2O2S+.